The number of ether oxygens (including phenoxy) is 1. The van der Waals surface area contributed by atoms with Gasteiger partial charge in [-0.1, -0.05) is 35.5 Å². The fraction of sp³-hybridized carbons (Fsp3) is 0.0625. The lowest BCUT2D eigenvalue weighted by Gasteiger charge is -2.04. The molecule has 0 bridgehead atoms. The Hall–Kier alpha value is -2.69. The Morgan fingerprint density at radius 1 is 1.00 bits per heavy atom. The van der Waals surface area contributed by atoms with E-state index in [1.54, 1.807) is 6.07 Å². The van der Waals surface area contributed by atoms with E-state index in [2.05, 4.69) is 5.16 Å². The number of rotatable bonds is 4. The van der Waals surface area contributed by atoms with Crippen molar-refractivity contribution in [1.29, 1.82) is 0 Å². The molecular formula is C16H11F2NO2. The molecule has 0 aliphatic rings. The Morgan fingerprint density at radius 2 is 1.81 bits per heavy atom. The monoisotopic (exact) mass is 287 g/mol. The zero-order valence-electron chi connectivity index (χ0n) is 10.9. The van der Waals surface area contributed by atoms with Gasteiger partial charge in [-0.3, -0.25) is 0 Å². The average Bonchev–Trinajstić information content (AvgIpc) is 2.98. The van der Waals surface area contributed by atoms with Gasteiger partial charge in [-0.05, 0) is 12.1 Å². The van der Waals surface area contributed by atoms with Crippen LogP contribution >= 0.6 is 0 Å². The Morgan fingerprint density at radius 3 is 2.62 bits per heavy atom. The lowest BCUT2D eigenvalue weighted by Crippen LogP contribution is -1.96. The van der Waals surface area contributed by atoms with Crippen molar-refractivity contribution >= 4 is 0 Å². The highest BCUT2D eigenvalue weighted by molar-refractivity contribution is 5.58. The molecule has 21 heavy (non-hydrogen) atoms. The minimum absolute atomic E-state index is 0.0276. The number of aromatic nitrogens is 1. The van der Waals surface area contributed by atoms with Crippen LogP contribution in [0.2, 0.25) is 0 Å². The van der Waals surface area contributed by atoms with E-state index in [9.17, 15) is 8.78 Å². The number of benzene rings is 2. The number of halogens is 2. The van der Waals surface area contributed by atoms with Gasteiger partial charge in [-0.25, -0.2) is 8.78 Å². The van der Waals surface area contributed by atoms with Gasteiger partial charge < -0.3 is 9.26 Å². The molecule has 1 aromatic heterocycles. The molecule has 0 saturated carbocycles. The van der Waals surface area contributed by atoms with Crippen LogP contribution in [0.5, 0.6) is 5.75 Å². The van der Waals surface area contributed by atoms with Gasteiger partial charge >= 0.3 is 0 Å². The quantitative estimate of drug-likeness (QED) is 0.721. The van der Waals surface area contributed by atoms with Crippen LogP contribution in [-0.4, -0.2) is 5.16 Å². The van der Waals surface area contributed by atoms with Gasteiger partial charge in [-0.2, -0.15) is 0 Å². The Balaban J connectivity index is 1.72. The van der Waals surface area contributed by atoms with Crippen LogP contribution in [0, 0.1) is 11.6 Å². The van der Waals surface area contributed by atoms with Crippen LogP contribution in [0.25, 0.3) is 11.3 Å². The molecule has 1 heterocycles. The molecule has 5 heteroatoms. The van der Waals surface area contributed by atoms with E-state index in [-0.39, 0.29) is 12.4 Å². The predicted octanol–water partition coefficient (Wildman–Crippen LogP) is 4.20. The zero-order chi connectivity index (χ0) is 14.7. The maximum atomic E-state index is 13.4. The molecule has 2 aromatic carbocycles. The van der Waals surface area contributed by atoms with E-state index in [0.29, 0.717) is 11.5 Å². The highest BCUT2D eigenvalue weighted by Gasteiger charge is 2.09. The summed E-state index contributed by atoms with van der Waals surface area (Å²) in [5.74, 6) is -0.918. The first-order valence-electron chi connectivity index (χ1n) is 6.31. The maximum absolute atomic E-state index is 13.4. The second-order valence-corrected chi connectivity index (χ2v) is 4.41. The largest absolute Gasteiger partial charge is 0.482 e. The van der Waals surface area contributed by atoms with Gasteiger partial charge in [0.25, 0.3) is 0 Å². The van der Waals surface area contributed by atoms with Gasteiger partial charge in [-0.15, -0.1) is 0 Å². The first-order chi connectivity index (χ1) is 10.2. The summed E-state index contributed by atoms with van der Waals surface area (Å²) in [6.45, 7) is -0.0276. The minimum Gasteiger partial charge on any atom is -0.482 e. The van der Waals surface area contributed by atoms with Crippen LogP contribution in [0.4, 0.5) is 8.78 Å². The predicted molar refractivity (Wildman–Crippen MR) is 72.6 cm³/mol. The Labute approximate surface area is 119 Å². The van der Waals surface area contributed by atoms with Crippen molar-refractivity contribution in [2.75, 3.05) is 0 Å². The van der Waals surface area contributed by atoms with Crippen molar-refractivity contribution in [3.63, 3.8) is 0 Å². The van der Waals surface area contributed by atoms with Crippen molar-refractivity contribution in [1.82, 2.24) is 5.16 Å². The molecule has 0 aliphatic heterocycles. The minimum atomic E-state index is -0.626. The summed E-state index contributed by atoms with van der Waals surface area (Å²) in [7, 11) is 0. The molecule has 0 unspecified atom stereocenters. The van der Waals surface area contributed by atoms with E-state index in [0.717, 1.165) is 23.8 Å². The lowest BCUT2D eigenvalue weighted by molar-refractivity contribution is 0.239. The number of hydrogen-bond acceptors (Lipinski definition) is 3. The van der Waals surface area contributed by atoms with E-state index in [4.69, 9.17) is 9.26 Å². The van der Waals surface area contributed by atoms with E-state index < -0.39 is 11.6 Å². The SMILES string of the molecule is Fc1ccc(F)c(OCc2cc(-c3ccccc3)no2)c1. The summed E-state index contributed by atoms with van der Waals surface area (Å²) in [4.78, 5) is 0. The summed E-state index contributed by atoms with van der Waals surface area (Å²) < 4.78 is 36.7. The maximum Gasteiger partial charge on any atom is 0.174 e. The molecule has 3 aromatic rings. The fourth-order valence-corrected chi connectivity index (χ4v) is 1.86. The van der Waals surface area contributed by atoms with Crippen molar-refractivity contribution < 1.29 is 18.0 Å². The molecule has 0 spiro atoms. The first-order valence-corrected chi connectivity index (χ1v) is 6.31. The third-order valence-electron chi connectivity index (χ3n) is 2.89. The van der Waals surface area contributed by atoms with Crippen LogP contribution in [0.1, 0.15) is 5.76 Å². The average molecular weight is 287 g/mol. The van der Waals surface area contributed by atoms with E-state index in [1.165, 1.54) is 0 Å². The number of hydrogen-bond donors (Lipinski definition) is 0. The summed E-state index contributed by atoms with van der Waals surface area (Å²) in [6.07, 6.45) is 0. The van der Waals surface area contributed by atoms with Crippen LogP contribution in [0.3, 0.4) is 0 Å². The lowest BCUT2D eigenvalue weighted by atomic mass is 10.1. The molecule has 0 N–H and O–H groups in total. The van der Waals surface area contributed by atoms with Gasteiger partial charge in [0.15, 0.2) is 17.3 Å². The van der Waals surface area contributed by atoms with Crippen LogP contribution in [-0.2, 0) is 6.61 Å². The molecule has 3 nitrogen and oxygen atoms in total. The van der Waals surface area contributed by atoms with Crippen molar-refractivity contribution in [3.05, 3.63) is 72.0 Å². The Bertz CT molecular complexity index is 741. The first kappa shape index (κ1) is 13.3. The third-order valence-corrected chi connectivity index (χ3v) is 2.89. The van der Waals surface area contributed by atoms with Crippen LogP contribution in [0.15, 0.2) is 59.1 Å². The molecule has 0 saturated heterocycles. The topological polar surface area (TPSA) is 35.3 Å². The fourth-order valence-electron chi connectivity index (χ4n) is 1.86. The normalized spacial score (nSPS) is 10.6. The molecule has 0 fully saturated rings. The van der Waals surface area contributed by atoms with Crippen molar-refractivity contribution in [2.24, 2.45) is 0 Å². The second-order valence-electron chi connectivity index (χ2n) is 4.41. The highest BCUT2D eigenvalue weighted by atomic mass is 19.1. The van der Waals surface area contributed by atoms with Crippen molar-refractivity contribution in [3.8, 4) is 17.0 Å². The molecule has 0 radical (unpaired) electrons. The van der Waals surface area contributed by atoms with Gasteiger partial charge in [0.2, 0.25) is 0 Å². The summed E-state index contributed by atoms with van der Waals surface area (Å²) in [5.41, 5.74) is 1.57. The molecule has 106 valence electrons. The Kier molecular flexibility index (Phi) is 3.64. The molecule has 3 rings (SSSR count). The molecule has 0 aliphatic carbocycles. The van der Waals surface area contributed by atoms with Crippen molar-refractivity contribution in [2.45, 2.75) is 6.61 Å². The number of nitrogens with zero attached hydrogens (tertiary/aromatic N) is 1. The van der Waals surface area contributed by atoms with Gasteiger partial charge in [0.05, 0.1) is 0 Å². The summed E-state index contributed by atoms with van der Waals surface area (Å²) in [5, 5.41) is 3.92. The molecule has 0 atom stereocenters. The highest BCUT2D eigenvalue weighted by Crippen LogP contribution is 2.22. The third kappa shape index (κ3) is 3.08. The summed E-state index contributed by atoms with van der Waals surface area (Å²) >= 11 is 0. The van der Waals surface area contributed by atoms with Crippen LogP contribution < -0.4 is 4.74 Å². The smallest absolute Gasteiger partial charge is 0.174 e. The zero-order valence-corrected chi connectivity index (χ0v) is 10.9. The summed E-state index contributed by atoms with van der Waals surface area (Å²) in [6, 6.07) is 14.2. The molecular weight excluding hydrogens is 276 g/mol. The van der Waals surface area contributed by atoms with E-state index in [1.807, 2.05) is 30.3 Å². The standard InChI is InChI=1S/C16H11F2NO2/c17-12-6-7-14(18)16(8-12)20-10-13-9-15(19-21-13)11-4-2-1-3-5-11/h1-9H,10H2. The van der Waals surface area contributed by atoms with Gasteiger partial charge in [0.1, 0.15) is 18.1 Å². The second kappa shape index (κ2) is 5.75. The van der Waals surface area contributed by atoms with Gasteiger partial charge in [0, 0.05) is 17.7 Å². The van der Waals surface area contributed by atoms with E-state index >= 15 is 0 Å². The molecule has 0 amide bonds.